The van der Waals surface area contributed by atoms with Crippen LogP contribution < -0.4 is 10.6 Å². The molecule has 0 fully saturated rings. The van der Waals surface area contributed by atoms with E-state index in [1.54, 1.807) is 0 Å². The molecule has 2 aromatic rings. The van der Waals surface area contributed by atoms with Crippen molar-refractivity contribution in [1.29, 1.82) is 0 Å². The lowest BCUT2D eigenvalue weighted by molar-refractivity contribution is -0.121. The van der Waals surface area contributed by atoms with Gasteiger partial charge in [-0.1, -0.05) is 65.8 Å². The molecule has 1 heterocycles. The topological polar surface area (TPSA) is 79.8 Å². The van der Waals surface area contributed by atoms with Gasteiger partial charge in [-0.2, -0.15) is 0 Å². The Morgan fingerprint density at radius 3 is 2.42 bits per heavy atom. The first kappa shape index (κ1) is 17.7. The van der Waals surface area contributed by atoms with E-state index in [9.17, 15) is 9.59 Å². The van der Waals surface area contributed by atoms with Crippen LogP contribution in [0.1, 0.15) is 30.1 Å². The largest absolute Gasteiger partial charge is 0.387 e. The number of hydrogen-bond donors (Lipinski definition) is 2. The lowest BCUT2D eigenvalue weighted by Gasteiger charge is -2.08. The van der Waals surface area contributed by atoms with Gasteiger partial charge in [-0.05, 0) is 11.1 Å². The van der Waals surface area contributed by atoms with E-state index in [0.29, 0.717) is 18.7 Å². The number of nitrogens with zero attached hydrogens (tertiary/aromatic N) is 1. The van der Waals surface area contributed by atoms with Crippen molar-refractivity contribution < 1.29 is 14.4 Å². The van der Waals surface area contributed by atoms with Gasteiger partial charge in [0.15, 0.2) is 6.10 Å². The quantitative estimate of drug-likeness (QED) is 0.803. The molecule has 1 aliphatic heterocycles. The van der Waals surface area contributed by atoms with Gasteiger partial charge in [-0.25, -0.2) is 0 Å². The van der Waals surface area contributed by atoms with Gasteiger partial charge >= 0.3 is 0 Å². The molecule has 1 unspecified atom stereocenters. The lowest BCUT2D eigenvalue weighted by Crippen LogP contribution is -2.34. The van der Waals surface area contributed by atoms with Crippen molar-refractivity contribution >= 4 is 17.5 Å². The minimum Gasteiger partial charge on any atom is -0.387 e. The highest BCUT2D eigenvalue weighted by Crippen LogP contribution is 2.26. The number of benzene rings is 2. The third kappa shape index (κ3) is 4.92. The van der Waals surface area contributed by atoms with Crippen LogP contribution in [0, 0.1) is 0 Å². The number of rotatable bonds is 7. The maximum Gasteiger partial charge on any atom is 0.269 e. The summed E-state index contributed by atoms with van der Waals surface area (Å²) in [4.78, 5) is 29.3. The fourth-order valence-electron chi connectivity index (χ4n) is 2.63. The molecular formula is C20H21N3O3. The molecule has 0 saturated heterocycles. The Morgan fingerprint density at radius 2 is 1.69 bits per heavy atom. The van der Waals surface area contributed by atoms with Gasteiger partial charge in [0, 0.05) is 25.9 Å². The summed E-state index contributed by atoms with van der Waals surface area (Å²) in [7, 11) is 0. The molecule has 1 aliphatic rings. The molecule has 6 heteroatoms. The zero-order chi connectivity index (χ0) is 18.2. The van der Waals surface area contributed by atoms with Crippen LogP contribution in [0.4, 0.5) is 0 Å². The van der Waals surface area contributed by atoms with Gasteiger partial charge < -0.3 is 15.5 Å². The van der Waals surface area contributed by atoms with E-state index in [4.69, 9.17) is 4.84 Å². The van der Waals surface area contributed by atoms with Crippen molar-refractivity contribution in [3.63, 3.8) is 0 Å². The second kappa shape index (κ2) is 8.80. The number of carbonyl (C=O) groups excluding carboxylic acids is 2. The Kier molecular flexibility index (Phi) is 5.98. The number of oxime groups is 1. The van der Waals surface area contributed by atoms with Crippen molar-refractivity contribution in [2.75, 3.05) is 6.54 Å². The van der Waals surface area contributed by atoms with Gasteiger partial charge in [-0.15, -0.1) is 0 Å². The van der Waals surface area contributed by atoms with Crippen molar-refractivity contribution in [3.05, 3.63) is 71.8 Å². The van der Waals surface area contributed by atoms with Gasteiger partial charge in [0.25, 0.3) is 5.91 Å². The van der Waals surface area contributed by atoms with E-state index in [0.717, 1.165) is 11.1 Å². The van der Waals surface area contributed by atoms with E-state index in [2.05, 4.69) is 15.8 Å². The first-order valence-electron chi connectivity index (χ1n) is 8.59. The lowest BCUT2D eigenvalue weighted by atomic mass is 10.0. The van der Waals surface area contributed by atoms with Crippen molar-refractivity contribution in [2.24, 2.45) is 5.16 Å². The number of carbonyl (C=O) groups is 2. The number of amides is 2. The molecule has 0 aliphatic carbocycles. The van der Waals surface area contributed by atoms with E-state index >= 15 is 0 Å². The fraction of sp³-hybridized carbons (Fsp3) is 0.250. The van der Waals surface area contributed by atoms with Crippen LogP contribution in [-0.2, 0) is 21.0 Å². The standard InChI is InChI=1S/C20H21N3O3/c24-19(22-14-15-7-3-1-4-8-15)11-12-21-20(25)17-13-18(26-23-17)16-9-5-2-6-10-16/h1-10,18H,11-14H2,(H,21,25)(H,22,24). The molecule has 1 atom stereocenters. The normalized spacial score (nSPS) is 15.7. The Hall–Kier alpha value is -3.15. The Bertz CT molecular complexity index is 775. The second-order valence-electron chi connectivity index (χ2n) is 6.02. The van der Waals surface area contributed by atoms with Crippen molar-refractivity contribution in [2.45, 2.75) is 25.5 Å². The molecule has 134 valence electrons. The molecule has 26 heavy (non-hydrogen) atoms. The number of hydrogen-bond acceptors (Lipinski definition) is 4. The van der Waals surface area contributed by atoms with Gasteiger partial charge in [0.05, 0.1) is 0 Å². The molecule has 6 nitrogen and oxygen atoms in total. The third-order valence-corrected chi connectivity index (χ3v) is 4.07. The van der Waals surface area contributed by atoms with Gasteiger partial charge in [0.2, 0.25) is 5.91 Å². The van der Waals surface area contributed by atoms with Crippen LogP contribution >= 0.6 is 0 Å². The smallest absolute Gasteiger partial charge is 0.269 e. The summed E-state index contributed by atoms with van der Waals surface area (Å²) in [5, 5.41) is 9.41. The average molecular weight is 351 g/mol. The van der Waals surface area contributed by atoms with E-state index in [1.807, 2.05) is 60.7 Å². The van der Waals surface area contributed by atoms with Crippen LogP contribution in [0.3, 0.4) is 0 Å². The van der Waals surface area contributed by atoms with Crippen LogP contribution in [0.15, 0.2) is 65.8 Å². The summed E-state index contributed by atoms with van der Waals surface area (Å²) < 4.78 is 0. The van der Waals surface area contributed by atoms with Crippen LogP contribution in [0.5, 0.6) is 0 Å². The third-order valence-electron chi connectivity index (χ3n) is 4.07. The second-order valence-corrected chi connectivity index (χ2v) is 6.02. The summed E-state index contributed by atoms with van der Waals surface area (Å²) in [5.74, 6) is -0.403. The molecule has 2 aromatic carbocycles. The van der Waals surface area contributed by atoms with Crippen molar-refractivity contribution in [1.82, 2.24) is 10.6 Å². The molecule has 2 N–H and O–H groups in total. The summed E-state index contributed by atoms with van der Waals surface area (Å²) in [6, 6.07) is 19.3. The molecule has 0 aromatic heterocycles. The summed E-state index contributed by atoms with van der Waals surface area (Å²) in [6.45, 7) is 0.738. The minimum absolute atomic E-state index is 0.110. The zero-order valence-electron chi connectivity index (χ0n) is 14.4. The molecule has 2 amide bonds. The fourth-order valence-corrected chi connectivity index (χ4v) is 2.63. The Balaban J connectivity index is 1.36. The summed E-state index contributed by atoms with van der Waals surface area (Å²) in [5.41, 5.74) is 2.37. The number of nitrogens with one attached hydrogen (secondary N) is 2. The monoisotopic (exact) mass is 351 g/mol. The maximum atomic E-state index is 12.1. The van der Waals surface area contributed by atoms with Gasteiger partial charge in [0.1, 0.15) is 5.71 Å². The average Bonchev–Trinajstić information content (AvgIpc) is 3.18. The molecule has 0 spiro atoms. The summed E-state index contributed by atoms with van der Waals surface area (Å²) in [6.07, 6.45) is 0.413. The highest BCUT2D eigenvalue weighted by atomic mass is 16.6. The molecule has 0 bridgehead atoms. The maximum absolute atomic E-state index is 12.1. The Morgan fingerprint density at radius 1 is 1.00 bits per heavy atom. The predicted molar refractivity (Wildman–Crippen MR) is 98.2 cm³/mol. The highest BCUT2D eigenvalue weighted by Gasteiger charge is 2.27. The highest BCUT2D eigenvalue weighted by molar-refractivity contribution is 6.39. The minimum atomic E-state index is -0.292. The first-order valence-corrected chi connectivity index (χ1v) is 8.59. The van der Waals surface area contributed by atoms with E-state index < -0.39 is 0 Å². The van der Waals surface area contributed by atoms with Crippen molar-refractivity contribution in [3.8, 4) is 0 Å². The molecule has 0 radical (unpaired) electrons. The Labute approximate surface area is 152 Å². The molecular weight excluding hydrogens is 330 g/mol. The zero-order valence-corrected chi connectivity index (χ0v) is 14.4. The predicted octanol–water partition coefficient (Wildman–Crippen LogP) is 2.33. The summed E-state index contributed by atoms with van der Waals surface area (Å²) >= 11 is 0. The van der Waals surface area contributed by atoms with E-state index in [-0.39, 0.29) is 30.9 Å². The van der Waals surface area contributed by atoms with Crippen LogP contribution in [0.2, 0.25) is 0 Å². The van der Waals surface area contributed by atoms with Gasteiger partial charge in [-0.3, -0.25) is 9.59 Å². The van der Waals surface area contributed by atoms with E-state index in [1.165, 1.54) is 0 Å². The SMILES string of the molecule is O=C(CCNC(=O)C1=NOC(c2ccccc2)C1)NCc1ccccc1. The van der Waals surface area contributed by atoms with Crippen LogP contribution in [-0.4, -0.2) is 24.1 Å². The van der Waals surface area contributed by atoms with Crippen LogP contribution in [0.25, 0.3) is 0 Å². The first-order chi connectivity index (χ1) is 12.7. The molecule has 0 saturated carbocycles. The molecule has 3 rings (SSSR count).